The number of hydrogen-bond donors (Lipinski definition) is 3. The second-order valence-corrected chi connectivity index (χ2v) is 6.86. The van der Waals surface area contributed by atoms with E-state index >= 15 is 0 Å². The highest BCUT2D eigenvalue weighted by molar-refractivity contribution is 5.97. The van der Waals surface area contributed by atoms with E-state index < -0.39 is 35.9 Å². The van der Waals surface area contributed by atoms with Crippen molar-refractivity contribution in [3.05, 3.63) is 34.0 Å². The summed E-state index contributed by atoms with van der Waals surface area (Å²) in [4.78, 5) is 37.0. The molecule has 1 aliphatic carbocycles. The van der Waals surface area contributed by atoms with Crippen molar-refractivity contribution in [2.24, 2.45) is 0 Å². The van der Waals surface area contributed by atoms with Gasteiger partial charge in [-0.15, -0.1) is 0 Å². The van der Waals surface area contributed by atoms with Gasteiger partial charge in [0.05, 0.1) is 0 Å². The monoisotopic (exact) mass is 377 g/mol. The van der Waals surface area contributed by atoms with Crippen molar-refractivity contribution in [2.75, 3.05) is 11.1 Å². The predicted octanol–water partition coefficient (Wildman–Crippen LogP) is 1.27. The van der Waals surface area contributed by atoms with E-state index in [0.717, 1.165) is 0 Å². The molecule has 0 unspecified atom stereocenters. The number of nitrogens with zero attached hydrogens (tertiary/aromatic N) is 4. The first-order valence-corrected chi connectivity index (χ1v) is 8.40. The number of halogens is 2. The van der Waals surface area contributed by atoms with Crippen LogP contribution in [-0.2, 0) is 5.66 Å². The van der Waals surface area contributed by atoms with E-state index in [1.165, 1.54) is 17.0 Å². The van der Waals surface area contributed by atoms with Crippen LogP contribution >= 0.6 is 0 Å². The Labute approximate surface area is 152 Å². The van der Waals surface area contributed by atoms with Gasteiger partial charge in [0, 0.05) is 12.8 Å². The van der Waals surface area contributed by atoms with Gasteiger partial charge >= 0.3 is 0 Å². The number of carbonyl (C=O) groups is 1. The molecular formula is C16H17F2N7O2. The number of amides is 1. The lowest BCUT2D eigenvalue weighted by atomic mass is 9.86. The molecule has 1 fully saturated rings. The average molecular weight is 377 g/mol. The summed E-state index contributed by atoms with van der Waals surface area (Å²) in [5.41, 5.74) is 4.69. The normalized spacial score (nSPS) is 19.6. The highest BCUT2D eigenvalue weighted by atomic mass is 19.3. The van der Waals surface area contributed by atoms with Gasteiger partial charge in [-0.2, -0.15) is 4.98 Å². The molecule has 2 aromatic rings. The minimum absolute atomic E-state index is 0.0201. The molecule has 0 aromatic carbocycles. The van der Waals surface area contributed by atoms with Gasteiger partial charge in [0.2, 0.25) is 17.8 Å². The Hall–Kier alpha value is -3.11. The molecule has 0 radical (unpaired) electrons. The Morgan fingerprint density at radius 3 is 2.59 bits per heavy atom. The Bertz CT molecular complexity index is 995. The van der Waals surface area contributed by atoms with Crippen LogP contribution in [0.5, 0.6) is 0 Å². The van der Waals surface area contributed by atoms with Crippen LogP contribution in [0.3, 0.4) is 0 Å². The smallest absolute Gasteiger partial charge is 0.276 e. The number of rotatable bonds is 2. The van der Waals surface area contributed by atoms with E-state index in [0.29, 0.717) is 5.56 Å². The zero-order chi connectivity index (χ0) is 19.4. The fraction of sp³-hybridized carbons (Fsp3) is 0.438. The van der Waals surface area contributed by atoms with E-state index in [-0.39, 0.29) is 36.1 Å². The van der Waals surface area contributed by atoms with E-state index in [9.17, 15) is 18.4 Å². The maximum atomic E-state index is 13.7. The predicted molar refractivity (Wildman–Crippen MR) is 91.8 cm³/mol. The van der Waals surface area contributed by atoms with Gasteiger partial charge in [-0.05, 0) is 31.4 Å². The summed E-state index contributed by atoms with van der Waals surface area (Å²) in [6.07, 6.45) is 0.332. The number of aromatic nitrogens is 4. The molecule has 9 nitrogen and oxygen atoms in total. The van der Waals surface area contributed by atoms with Gasteiger partial charge < -0.3 is 16.4 Å². The Balaban J connectivity index is 1.81. The molecular weight excluding hydrogens is 360 g/mol. The standard InChI is InChI=1S/C16H17F2N7O2/c1-8-6-9(22-14-21-7-20-13(19)23-14)12(27)25-10(8)11(26)24-16(25)4-2-15(17,18)3-5-16/h6-7H,2-5H2,1H3,(H,24,26)(H3,19,20,21,22,23). The number of aryl methyl sites for hydroxylation is 1. The molecule has 2 aromatic heterocycles. The minimum Gasteiger partial charge on any atom is -0.368 e. The number of nitrogens with two attached hydrogens (primary N) is 1. The van der Waals surface area contributed by atoms with Crippen molar-refractivity contribution in [3.8, 4) is 0 Å². The maximum absolute atomic E-state index is 13.7. The molecule has 1 spiro atoms. The zero-order valence-electron chi connectivity index (χ0n) is 14.4. The van der Waals surface area contributed by atoms with Crippen LogP contribution in [0.1, 0.15) is 41.7 Å². The van der Waals surface area contributed by atoms with Crippen LogP contribution in [0.15, 0.2) is 17.2 Å². The van der Waals surface area contributed by atoms with Crippen LogP contribution in [0, 0.1) is 6.92 Å². The summed E-state index contributed by atoms with van der Waals surface area (Å²) in [5.74, 6) is -3.18. The second-order valence-electron chi connectivity index (χ2n) is 6.86. The minimum atomic E-state index is -2.80. The lowest BCUT2D eigenvalue weighted by Crippen LogP contribution is -2.51. The van der Waals surface area contributed by atoms with Crippen LogP contribution < -0.4 is 21.9 Å². The fourth-order valence-electron chi connectivity index (χ4n) is 3.72. The maximum Gasteiger partial charge on any atom is 0.276 e. The summed E-state index contributed by atoms with van der Waals surface area (Å²) in [7, 11) is 0. The van der Waals surface area contributed by atoms with E-state index in [4.69, 9.17) is 5.73 Å². The molecule has 1 saturated carbocycles. The number of nitrogen functional groups attached to an aromatic ring is 1. The molecule has 27 heavy (non-hydrogen) atoms. The van der Waals surface area contributed by atoms with Crippen molar-refractivity contribution >= 4 is 23.5 Å². The molecule has 1 amide bonds. The van der Waals surface area contributed by atoms with E-state index in [1.807, 2.05) is 0 Å². The van der Waals surface area contributed by atoms with Gasteiger partial charge in [-0.25, -0.2) is 18.7 Å². The van der Waals surface area contributed by atoms with Crippen molar-refractivity contribution in [1.29, 1.82) is 0 Å². The van der Waals surface area contributed by atoms with Crippen LogP contribution in [0.2, 0.25) is 0 Å². The number of fused-ring (bicyclic) bond motifs is 2. The van der Waals surface area contributed by atoms with Crippen molar-refractivity contribution < 1.29 is 13.6 Å². The van der Waals surface area contributed by atoms with Gasteiger partial charge in [-0.1, -0.05) is 0 Å². The van der Waals surface area contributed by atoms with Crippen LogP contribution in [-0.4, -0.2) is 31.3 Å². The third kappa shape index (κ3) is 2.78. The molecule has 0 saturated heterocycles. The highest BCUT2D eigenvalue weighted by Gasteiger charge is 2.50. The molecule has 1 aliphatic heterocycles. The zero-order valence-corrected chi connectivity index (χ0v) is 14.4. The topological polar surface area (TPSA) is 128 Å². The third-order valence-electron chi connectivity index (χ3n) is 5.03. The molecule has 11 heteroatoms. The summed E-state index contributed by atoms with van der Waals surface area (Å²) in [6.45, 7) is 1.67. The first kappa shape index (κ1) is 17.3. The van der Waals surface area contributed by atoms with Crippen LogP contribution in [0.25, 0.3) is 0 Å². The second kappa shape index (κ2) is 5.69. The molecule has 4 rings (SSSR count). The quantitative estimate of drug-likeness (QED) is 0.719. The SMILES string of the molecule is Cc1cc(Nc2ncnc(N)n2)c(=O)n2c1C(=O)NC21CCC(F)(F)CC1. The number of anilines is 3. The molecule has 0 bridgehead atoms. The molecule has 142 valence electrons. The summed E-state index contributed by atoms with van der Waals surface area (Å²) >= 11 is 0. The largest absolute Gasteiger partial charge is 0.368 e. The Morgan fingerprint density at radius 1 is 1.22 bits per heavy atom. The Kier molecular flexibility index (Phi) is 3.65. The van der Waals surface area contributed by atoms with Crippen molar-refractivity contribution in [1.82, 2.24) is 24.8 Å². The Morgan fingerprint density at radius 2 is 1.93 bits per heavy atom. The van der Waals surface area contributed by atoms with Crippen LogP contribution in [0.4, 0.5) is 26.4 Å². The fourth-order valence-corrected chi connectivity index (χ4v) is 3.72. The van der Waals surface area contributed by atoms with E-state index in [1.54, 1.807) is 6.92 Å². The number of carbonyl (C=O) groups excluding carboxylic acids is 1. The number of nitrogens with one attached hydrogen (secondary N) is 2. The molecule has 2 aliphatic rings. The number of hydrogen-bond acceptors (Lipinski definition) is 7. The number of pyridine rings is 1. The van der Waals surface area contributed by atoms with Gasteiger partial charge in [0.1, 0.15) is 23.4 Å². The lowest BCUT2D eigenvalue weighted by Gasteiger charge is -2.38. The van der Waals surface area contributed by atoms with Crippen molar-refractivity contribution in [2.45, 2.75) is 44.2 Å². The molecule has 4 N–H and O–H groups in total. The van der Waals surface area contributed by atoms with Gasteiger partial charge in [0.15, 0.2) is 0 Å². The molecule has 3 heterocycles. The molecule has 0 atom stereocenters. The number of alkyl halides is 2. The lowest BCUT2D eigenvalue weighted by molar-refractivity contribution is -0.0667. The van der Waals surface area contributed by atoms with Gasteiger partial charge in [-0.3, -0.25) is 14.2 Å². The third-order valence-corrected chi connectivity index (χ3v) is 5.03. The first-order valence-electron chi connectivity index (χ1n) is 8.40. The summed E-state index contributed by atoms with van der Waals surface area (Å²) < 4.78 is 28.6. The summed E-state index contributed by atoms with van der Waals surface area (Å²) in [5, 5.41) is 5.53. The first-order chi connectivity index (χ1) is 12.7. The summed E-state index contributed by atoms with van der Waals surface area (Å²) in [6, 6.07) is 1.50. The van der Waals surface area contributed by atoms with Gasteiger partial charge in [0.25, 0.3) is 11.5 Å². The van der Waals surface area contributed by atoms with E-state index in [2.05, 4.69) is 25.6 Å². The highest BCUT2D eigenvalue weighted by Crippen LogP contribution is 2.43. The van der Waals surface area contributed by atoms with Crippen molar-refractivity contribution in [3.63, 3.8) is 0 Å². The average Bonchev–Trinajstić information content (AvgIpc) is 2.89.